The second kappa shape index (κ2) is 6.74. The molecule has 0 unspecified atom stereocenters. The third kappa shape index (κ3) is 3.84. The van der Waals surface area contributed by atoms with E-state index in [9.17, 15) is 4.79 Å². The Balaban J connectivity index is 2.06. The molecule has 1 aromatic heterocycles. The molecule has 2 aromatic rings. The topological polar surface area (TPSA) is 104 Å². The molecular formula is C15H15N5OS. The number of hydrogen-bond acceptors (Lipinski definition) is 6. The summed E-state index contributed by atoms with van der Waals surface area (Å²) in [6.45, 7) is 3.86. The Hall–Kier alpha value is -2.85. The summed E-state index contributed by atoms with van der Waals surface area (Å²) in [5, 5.41) is 15.2. The third-order valence-electron chi connectivity index (χ3n) is 2.90. The van der Waals surface area contributed by atoms with Crippen LogP contribution in [0, 0.1) is 25.2 Å². The Morgan fingerprint density at radius 1 is 1.36 bits per heavy atom. The smallest absolute Gasteiger partial charge is 0.267 e. The Morgan fingerprint density at radius 3 is 2.59 bits per heavy atom. The molecule has 0 atom stereocenters. The lowest BCUT2D eigenvalue weighted by atomic mass is 10.2. The zero-order chi connectivity index (χ0) is 16.1. The Labute approximate surface area is 132 Å². The molecule has 0 saturated carbocycles. The Morgan fingerprint density at radius 2 is 2.05 bits per heavy atom. The number of benzene rings is 1. The van der Waals surface area contributed by atoms with Gasteiger partial charge < -0.3 is 16.4 Å². The van der Waals surface area contributed by atoms with Gasteiger partial charge in [-0.25, -0.2) is 4.98 Å². The molecule has 0 spiro atoms. The number of amides is 1. The highest BCUT2D eigenvalue weighted by atomic mass is 32.1. The summed E-state index contributed by atoms with van der Waals surface area (Å²) in [5.74, 6) is -0.496. The van der Waals surface area contributed by atoms with Crippen LogP contribution in [0.2, 0.25) is 0 Å². The first-order valence-electron chi connectivity index (χ1n) is 6.47. The molecule has 1 amide bonds. The minimum absolute atomic E-state index is 0.0395. The average Bonchev–Trinajstić information content (AvgIpc) is 2.81. The van der Waals surface area contributed by atoms with Crippen molar-refractivity contribution in [3.05, 3.63) is 46.6 Å². The van der Waals surface area contributed by atoms with Gasteiger partial charge in [0.15, 0.2) is 5.13 Å². The van der Waals surface area contributed by atoms with Gasteiger partial charge in [0.05, 0.1) is 5.69 Å². The Kier molecular flexibility index (Phi) is 4.76. The zero-order valence-electron chi connectivity index (χ0n) is 12.2. The number of carbonyl (C=O) groups excluding carboxylic acids is 1. The number of nitrogen functional groups attached to an aromatic ring is 1. The van der Waals surface area contributed by atoms with Crippen molar-refractivity contribution in [1.29, 1.82) is 5.26 Å². The van der Waals surface area contributed by atoms with Crippen LogP contribution in [0.25, 0.3) is 0 Å². The number of hydrogen-bond donors (Lipinski definition) is 3. The number of nitrogens with zero attached hydrogens (tertiary/aromatic N) is 2. The van der Waals surface area contributed by atoms with Crippen molar-refractivity contribution in [3.63, 3.8) is 0 Å². The van der Waals surface area contributed by atoms with Crippen molar-refractivity contribution in [2.75, 3.05) is 16.4 Å². The lowest BCUT2D eigenvalue weighted by molar-refractivity contribution is -0.112. The number of nitrogens with one attached hydrogen (secondary N) is 2. The first-order chi connectivity index (χ1) is 10.5. The predicted octanol–water partition coefficient (Wildman–Crippen LogP) is 2.80. The number of thiazole rings is 1. The zero-order valence-corrected chi connectivity index (χ0v) is 13.0. The SMILES string of the molecule is Cc1nc(N/C=C(/C#N)C(=O)Nc2ccc(N)cc2)sc1C. The van der Waals surface area contributed by atoms with E-state index in [2.05, 4.69) is 15.6 Å². The predicted molar refractivity (Wildman–Crippen MR) is 88.4 cm³/mol. The molecule has 22 heavy (non-hydrogen) atoms. The van der Waals surface area contributed by atoms with Crippen LogP contribution in [0.1, 0.15) is 10.6 Å². The number of rotatable bonds is 4. The number of anilines is 3. The second-order valence-electron chi connectivity index (χ2n) is 4.55. The molecule has 1 heterocycles. The van der Waals surface area contributed by atoms with Crippen LogP contribution < -0.4 is 16.4 Å². The van der Waals surface area contributed by atoms with Crippen LogP contribution >= 0.6 is 11.3 Å². The fourth-order valence-electron chi connectivity index (χ4n) is 1.58. The quantitative estimate of drug-likeness (QED) is 0.457. The summed E-state index contributed by atoms with van der Waals surface area (Å²) in [7, 11) is 0. The minimum atomic E-state index is -0.496. The van der Waals surface area contributed by atoms with Gasteiger partial charge in [0.2, 0.25) is 0 Å². The number of aromatic nitrogens is 1. The van der Waals surface area contributed by atoms with Gasteiger partial charge in [0, 0.05) is 22.5 Å². The van der Waals surface area contributed by atoms with Crippen LogP contribution in [0.15, 0.2) is 36.0 Å². The molecule has 0 aliphatic heterocycles. The number of aryl methyl sites for hydroxylation is 2. The van der Waals surface area contributed by atoms with Gasteiger partial charge in [-0.15, -0.1) is 11.3 Å². The van der Waals surface area contributed by atoms with Crippen LogP contribution in [-0.2, 0) is 4.79 Å². The molecule has 0 saturated heterocycles. The van der Waals surface area contributed by atoms with Gasteiger partial charge in [-0.05, 0) is 38.1 Å². The van der Waals surface area contributed by atoms with Gasteiger partial charge in [-0.2, -0.15) is 5.26 Å². The van der Waals surface area contributed by atoms with Gasteiger partial charge in [0.1, 0.15) is 11.6 Å². The van der Waals surface area contributed by atoms with E-state index in [4.69, 9.17) is 11.0 Å². The van der Waals surface area contributed by atoms with Gasteiger partial charge in [0.25, 0.3) is 5.91 Å². The molecule has 6 nitrogen and oxygen atoms in total. The van der Waals surface area contributed by atoms with E-state index in [0.29, 0.717) is 16.5 Å². The van der Waals surface area contributed by atoms with Gasteiger partial charge in [-0.1, -0.05) is 0 Å². The first kappa shape index (κ1) is 15.5. The van der Waals surface area contributed by atoms with Crippen LogP contribution in [0.3, 0.4) is 0 Å². The Bertz CT molecular complexity index is 736. The van der Waals surface area contributed by atoms with Crippen molar-refractivity contribution in [2.24, 2.45) is 0 Å². The molecule has 1 aromatic carbocycles. The largest absolute Gasteiger partial charge is 0.399 e. The highest BCUT2D eigenvalue weighted by Gasteiger charge is 2.10. The fraction of sp³-hybridized carbons (Fsp3) is 0.133. The second-order valence-corrected chi connectivity index (χ2v) is 5.75. The van der Waals surface area contributed by atoms with E-state index in [1.54, 1.807) is 24.3 Å². The first-order valence-corrected chi connectivity index (χ1v) is 7.29. The van der Waals surface area contributed by atoms with Crippen molar-refractivity contribution in [2.45, 2.75) is 13.8 Å². The monoisotopic (exact) mass is 313 g/mol. The summed E-state index contributed by atoms with van der Waals surface area (Å²) in [5.41, 5.74) is 7.63. The number of nitriles is 1. The third-order valence-corrected chi connectivity index (χ3v) is 3.91. The summed E-state index contributed by atoms with van der Waals surface area (Å²) in [6.07, 6.45) is 1.35. The van der Waals surface area contributed by atoms with E-state index in [1.165, 1.54) is 17.5 Å². The van der Waals surface area contributed by atoms with Crippen molar-refractivity contribution >= 4 is 33.8 Å². The van der Waals surface area contributed by atoms with Crippen LogP contribution in [-0.4, -0.2) is 10.9 Å². The fourth-order valence-corrected chi connectivity index (χ4v) is 2.37. The molecule has 0 bridgehead atoms. The highest BCUT2D eigenvalue weighted by Crippen LogP contribution is 2.21. The average molecular weight is 313 g/mol. The normalized spacial score (nSPS) is 10.9. The van der Waals surface area contributed by atoms with Crippen molar-refractivity contribution < 1.29 is 4.79 Å². The van der Waals surface area contributed by atoms with E-state index in [1.807, 2.05) is 19.9 Å². The molecular weight excluding hydrogens is 298 g/mol. The van der Waals surface area contributed by atoms with E-state index in [0.717, 1.165) is 10.6 Å². The lowest BCUT2D eigenvalue weighted by Gasteiger charge is -2.04. The maximum atomic E-state index is 12.0. The minimum Gasteiger partial charge on any atom is -0.399 e. The molecule has 112 valence electrons. The summed E-state index contributed by atoms with van der Waals surface area (Å²) in [4.78, 5) is 17.4. The lowest BCUT2D eigenvalue weighted by Crippen LogP contribution is -2.14. The van der Waals surface area contributed by atoms with E-state index >= 15 is 0 Å². The molecule has 0 aliphatic rings. The highest BCUT2D eigenvalue weighted by molar-refractivity contribution is 7.15. The van der Waals surface area contributed by atoms with Crippen LogP contribution in [0.4, 0.5) is 16.5 Å². The van der Waals surface area contributed by atoms with Crippen molar-refractivity contribution in [3.8, 4) is 6.07 Å². The number of carbonyl (C=O) groups is 1. The summed E-state index contributed by atoms with van der Waals surface area (Å²) < 4.78 is 0. The maximum Gasteiger partial charge on any atom is 0.267 e. The van der Waals surface area contributed by atoms with Crippen molar-refractivity contribution in [1.82, 2.24) is 4.98 Å². The standard InChI is InChI=1S/C15H15N5OS/c1-9-10(2)22-15(19-9)18-8-11(7-16)14(21)20-13-5-3-12(17)4-6-13/h3-6,8H,17H2,1-2H3,(H,18,19)(H,20,21)/b11-8-. The summed E-state index contributed by atoms with van der Waals surface area (Å²) >= 11 is 1.46. The van der Waals surface area contributed by atoms with Crippen LogP contribution in [0.5, 0.6) is 0 Å². The molecule has 0 fully saturated rings. The van der Waals surface area contributed by atoms with Gasteiger partial charge in [-0.3, -0.25) is 4.79 Å². The molecule has 7 heteroatoms. The molecule has 4 N–H and O–H groups in total. The molecule has 2 rings (SSSR count). The van der Waals surface area contributed by atoms with Gasteiger partial charge >= 0.3 is 0 Å². The molecule has 0 radical (unpaired) electrons. The molecule has 0 aliphatic carbocycles. The summed E-state index contributed by atoms with van der Waals surface area (Å²) in [6, 6.07) is 8.55. The van der Waals surface area contributed by atoms with E-state index in [-0.39, 0.29) is 5.57 Å². The van der Waals surface area contributed by atoms with E-state index < -0.39 is 5.91 Å². The maximum absolute atomic E-state index is 12.0. The number of nitrogens with two attached hydrogens (primary N) is 1.